The third-order valence-electron chi connectivity index (χ3n) is 6.55. The maximum Gasteiger partial charge on any atom is 0.410 e. The van der Waals surface area contributed by atoms with Gasteiger partial charge in [-0.2, -0.15) is 0 Å². The molecule has 34 heavy (non-hydrogen) atoms. The largest absolute Gasteiger partial charge is 0.457 e. The van der Waals surface area contributed by atoms with Crippen LogP contribution >= 0.6 is 0 Å². The smallest absolute Gasteiger partial charge is 0.410 e. The van der Waals surface area contributed by atoms with Crippen LogP contribution in [0.5, 0.6) is 0 Å². The summed E-state index contributed by atoms with van der Waals surface area (Å²) < 4.78 is 10.4. The second-order valence-electron chi connectivity index (χ2n) is 9.16. The zero-order chi connectivity index (χ0) is 25.2. The first-order chi connectivity index (χ1) is 16.1. The summed E-state index contributed by atoms with van der Waals surface area (Å²) in [6, 6.07) is -0.984. The van der Waals surface area contributed by atoms with Gasteiger partial charge in [0.2, 0.25) is 11.8 Å². The molecule has 0 unspecified atom stereocenters. The molecule has 0 radical (unpaired) electrons. The van der Waals surface area contributed by atoms with E-state index in [1.165, 1.54) is 26.9 Å². The van der Waals surface area contributed by atoms with E-state index in [0.717, 1.165) is 5.57 Å². The Balaban J connectivity index is 1.84. The van der Waals surface area contributed by atoms with Crippen LogP contribution < -0.4 is 0 Å². The van der Waals surface area contributed by atoms with Crippen molar-refractivity contribution in [2.24, 2.45) is 11.8 Å². The lowest BCUT2D eigenvalue weighted by atomic mass is 9.82. The van der Waals surface area contributed by atoms with Crippen LogP contribution in [0.2, 0.25) is 0 Å². The fourth-order valence-corrected chi connectivity index (χ4v) is 5.10. The van der Waals surface area contributed by atoms with Crippen LogP contribution in [0.1, 0.15) is 26.2 Å². The summed E-state index contributed by atoms with van der Waals surface area (Å²) in [5, 5.41) is 10.0. The van der Waals surface area contributed by atoms with Gasteiger partial charge in [-0.3, -0.25) is 14.5 Å². The summed E-state index contributed by atoms with van der Waals surface area (Å²) in [4.78, 5) is 55.1. The number of ether oxygens (including phenoxy) is 2. The fourth-order valence-electron chi connectivity index (χ4n) is 5.10. The van der Waals surface area contributed by atoms with Gasteiger partial charge < -0.3 is 24.4 Å². The van der Waals surface area contributed by atoms with E-state index in [-0.39, 0.29) is 49.2 Å². The molecular formula is C24H33N3O7. The van der Waals surface area contributed by atoms with E-state index in [9.17, 15) is 24.3 Å². The minimum atomic E-state index is -0.831. The number of nitrogens with zero attached hydrogens (tertiary/aromatic N) is 3. The van der Waals surface area contributed by atoms with Crippen LogP contribution in [0.15, 0.2) is 36.6 Å². The van der Waals surface area contributed by atoms with Gasteiger partial charge in [-0.25, -0.2) is 9.59 Å². The van der Waals surface area contributed by atoms with Crippen LogP contribution in [0.4, 0.5) is 4.79 Å². The molecule has 5 atom stereocenters. The second-order valence-corrected chi connectivity index (χ2v) is 9.16. The number of amides is 3. The second kappa shape index (κ2) is 10.4. The van der Waals surface area contributed by atoms with E-state index < -0.39 is 30.1 Å². The molecule has 2 fully saturated rings. The summed E-state index contributed by atoms with van der Waals surface area (Å²) in [6.07, 6.45) is 2.72. The number of β-lactam (4-membered cyclic amide) rings is 1. The summed E-state index contributed by atoms with van der Waals surface area (Å²) in [6.45, 7) is 8.97. The number of likely N-dealkylation sites (N-methyl/N-ethyl adjacent to an activating group) is 1. The Labute approximate surface area is 199 Å². The molecule has 186 valence electrons. The van der Waals surface area contributed by atoms with Gasteiger partial charge in [-0.05, 0) is 37.7 Å². The number of esters is 1. The van der Waals surface area contributed by atoms with Crippen molar-refractivity contribution in [1.29, 1.82) is 0 Å². The predicted octanol–water partition coefficient (Wildman–Crippen LogP) is 1.07. The molecule has 3 aliphatic heterocycles. The standard InChI is InChI=1S/C24H33N3O7/c1-6-8-33-23(31)20-16(12-17-19(14(3)28)22(30)27(17)20)10-15-11-18(21(29)25(4)5)26(13-15)24(32)34-9-7-2/h6-7,14-15,17-19,28H,1-2,8-13H2,3-5H3/t14-,15+,17-,18+,19-/m1/s1. The van der Waals surface area contributed by atoms with E-state index in [1.807, 2.05) is 0 Å². The normalized spacial score (nSPS) is 26.5. The molecule has 0 bridgehead atoms. The zero-order valence-electron chi connectivity index (χ0n) is 19.9. The zero-order valence-corrected chi connectivity index (χ0v) is 19.9. The van der Waals surface area contributed by atoms with Crippen LogP contribution in [0.3, 0.4) is 0 Å². The third-order valence-corrected chi connectivity index (χ3v) is 6.55. The fraction of sp³-hybridized carbons (Fsp3) is 0.583. The Morgan fingerprint density at radius 2 is 1.85 bits per heavy atom. The lowest BCUT2D eigenvalue weighted by Crippen LogP contribution is -2.61. The number of hydrogen-bond donors (Lipinski definition) is 1. The van der Waals surface area contributed by atoms with Crippen LogP contribution in [-0.2, 0) is 23.9 Å². The molecule has 3 aliphatic rings. The highest BCUT2D eigenvalue weighted by atomic mass is 16.6. The molecule has 10 heteroatoms. The lowest BCUT2D eigenvalue weighted by molar-refractivity contribution is -0.162. The molecule has 1 N–H and O–H groups in total. The number of carbonyl (C=O) groups is 4. The molecule has 3 rings (SSSR count). The lowest BCUT2D eigenvalue weighted by Gasteiger charge is -2.44. The minimum Gasteiger partial charge on any atom is -0.457 e. The first-order valence-corrected chi connectivity index (χ1v) is 11.4. The quantitative estimate of drug-likeness (QED) is 0.301. The third kappa shape index (κ3) is 4.72. The monoisotopic (exact) mass is 475 g/mol. The van der Waals surface area contributed by atoms with E-state index in [4.69, 9.17) is 9.47 Å². The molecule has 3 amide bonds. The van der Waals surface area contributed by atoms with E-state index in [0.29, 0.717) is 19.3 Å². The maximum atomic E-state index is 12.8. The topological polar surface area (TPSA) is 117 Å². The maximum absolute atomic E-state index is 12.8. The van der Waals surface area contributed by atoms with Crippen molar-refractivity contribution < 1.29 is 33.8 Å². The first-order valence-electron chi connectivity index (χ1n) is 11.4. The summed E-state index contributed by atoms with van der Waals surface area (Å²) in [5.74, 6) is -1.83. The van der Waals surface area contributed by atoms with E-state index in [2.05, 4.69) is 13.2 Å². The summed E-state index contributed by atoms with van der Waals surface area (Å²) in [7, 11) is 3.26. The molecule has 3 heterocycles. The Morgan fingerprint density at radius 3 is 2.44 bits per heavy atom. The minimum absolute atomic E-state index is 0.00784. The summed E-state index contributed by atoms with van der Waals surface area (Å²) in [5.41, 5.74) is 0.940. The van der Waals surface area contributed by atoms with E-state index >= 15 is 0 Å². The number of aliphatic hydroxyl groups is 1. The molecule has 10 nitrogen and oxygen atoms in total. The van der Waals surface area contributed by atoms with Gasteiger partial charge in [0.1, 0.15) is 25.0 Å². The van der Waals surface area contributed by atoms with Gasteiger partial charge in [0.25, 0.3) is 0 Å². The van der Waals surface area contributed by atoms with Crippen molar-refractivity contribution in [3.05, 3.63) is 36.6 Å². The van der Waals surface area contributed by atoms with Crippen LogP contribution in [-0.4, -0.2) is 95.7 Å². The van der Waals surface area contributed by atoms with Crippen molar-refractivity contribution in [2.75, 3.05) is 33.9 Å². The predicted molar refractivity (Wildman–Crippen MR) is 122 cm³/mol. The van der Waals surface area contributed by atoms with Gasteiger partial charge in [0.05, 0.1) is 18.1 Å². The average Bonchev–Trinajstić information content (AvgIpc) is 3.34. The highest BCUT2D eigenvalue weighted by Gasteiger charge is 2.57. The molecular weight excluding hydrogens is 442 g/mol. The molecule has 0 aromatic heterocycles. The molecule has 0 aliphatic carbocycles. The van der Waals surface area contributed by atoms with Crippen molar-refractivity contribution >= 4 is 23.9 Å². The van der Waals surface area contributed by atoms with Gasteiger partial charge in [-0.15, -0.1) is 0 Å². The SMILES string of the molecule is C=CCOC(=O)C1=C(C[C@H]2C[C@@H](C(=O)N(C)C)N(C(=O)OCC=C)C2)C[C@@H]2[C@@H]([C@@H](C)O)C(=O)N12. The van der Waals surface area contributed by atoms with Crippen LogP contribution in [0.25, 0.3) is 0 Å². The number of carbonyl (C=O) groups excluding carboxylic acids is 4. The summed E-state index contributed by atoms with van der Waals surface area (Å²) >= 11 is 0. The van der Waals surface area contributed by atoms with Gasteiger partial charge in [0, 0.05) is 20.6 Å². The number of aliphatic hydroxyl groups excluding tert-OH is 1. The van der Waals surface area contributed by atoms with Crippen molar-refractivity contribution in [2.45, 2.75) is 44.4 Å². The molecule has 0 aromatic rings. The van der Waals surface area contributed by atoms with Crippen molar-refractivity contribution in [1.82, 2.24) is 14.7 Å². The van der Waals surface area contributed by atoms with Gasteiger partial charge in [0.15, 0.2) is 0 Å². The van der Waals surface area contributed by atoms with Crippen molar-refractivity contribution in [3.63, 3.8) is 0 Å². The number of fused-ring (bicyclic) bond motifs is 1. The van der Waals surface area contributed by atoms with Crippen LogP contribution in [0, 0.1) is 11.8 Å². The Kier molecular flexibility index (Phi) is 7.81. The van der Waals surface area contributed by atoms with E-state index in [1.54, 1.807) is 21.0 Å². The number of likely N-dealkylation sites (tertiary alicyclic amines) is 1. The number of hydrogen-bond acceptors (Lipinski definition) is 7. The average molecular weight is 476 g/mol. The van der Waals surface area contributed by atoms with Gasteiger partial charge in [-0.1, -0.05) is 25.3 Å². The molecule has 0 aromatic carbocycles. The first kappa shape index (κ1) is 25.5. The molecule has 0 spiro atoms. The Bertz CT molecular complexity index is 910. The Hall–Kier alpha value is -3.14. The highest BCUT2D eigenvalue weighted by Crippen LogP contribution is 2.46. The number of rotatable bonds is 9. The molecule has 2 saturated heterocycles. The van der Waals surface area contributed by atoms with Gasteiger partial charge >= 0.3 is 12.1 Å². The Morgan fingerprint density at radius 1 is 1.21 bits per heavy atom. The van der Waals surface area contributed by atoms with Crippen molar-refractivity contribution in [3.8, 4) is 0 Å². The highest BCUT2D eigenvalue weighted by molar-refractivity contribution is 6.00. The molecule has 0 saturated carbocycles.